The number of ether oxygens (including phenoxy) is 1. The van der Waals surface area contributed by atoms with Gasteiger partial charge in [0, 0.05) is 17.6 Å². The molecular weight excluding hydrogens is 338 g/mol. The van der Waals surface area contributed by atoms with Crippen molar-refractivity contribution in [1.29, 1.82) is 0 Å². The van der Waals surface area contributed by atoms with Gasteiger partial charge in [0.25, 0.3) is 0 Å². The molecule has 0 spiro atoms. The summed E-state index contributed by atoms with van der Waals surface area (Å²) in [5.41, 5.74) is 5.41. The minimum absolute atomic E-state index is 0.0851. The Morgan fingerprint density at radius 3 is 2.59 bits per heavy atom. The highest BCUT2D eigenvalue weighted by atomic mass is 16.5. The van der Waals surface area contributed by atoms with Crippen molar-refractivity contribution in [3.8, 4) is 28.4 Å². The number of rotatable bonds is 2. The van der Waals surface area contributed by atoms with Gasteiger partial charge < -0.3 is 20.3 Å². The third kappa shape index (κ3) is 2.72. The molecule has 0 unspecified atom stereocenters. The Labute approximate surface area is 159 Å². The molecule has 0 radical (unpaired) electrons. The van der Waals surface area contributed by atoms with Crippen molar-refractivity contribution in [2.24, 2.45) is 0 Å². The van der Waals surface area contributed by atoms with Crippen LogP contribution in [-0.4, -0.2) is 23.4 Å². The van der Waals surface area contributed by atoms with Crippen molar-refractivity contribution in [1.82, 2.24) is 5.32 Å². The second-order valence-corrected chi connectivity index (χ2v) is 7.49. The molecule has 4 nitrogen and oxygen atoms in total. The lowest BCUT2D eigenvalue weighted by Gasteiger charge is -2.32. The first-order chi connectivity index (χ1) is 12.9. The molecule has 0 aromatic heterocycles. The highest BCUT2D eigenvalue weighted by molar-refractivity contribution is 6.05. The molecule has 0 saturated heterocycles. The summed E-state index contributed by atoms with van der Waals surface area (Å²) in [5, 5.41) is 26.2. The monoisotopic (exact) mass is 363 g/mol. The summed E-state index contributed by atoms with van der Waals surface area (Å²) in [5.74, 6) is 1.21. The molecule has 0 aliphatic carbocycles. The summed E-state index contributed by atoms with van der Waals surface area (Å²) >= 11 is 0. The first-order valence-corrected chi connectivity index (χ1v) is 9.32. The topological polar surface area (TPSA) is 61.7 Å². The van der Waals surface area contributed by atoms with Crippen LogP contribution in [0.5, 0.6) is 17.2 Å². The maximum atomic E-state index is 10.5. The summed E-state index contributed by atoms with van der Waals surface area (Å²) in [6.07, 6.45) is 0.842. The molecule has 0 amide bonds. The van der Waals surface area contributed by atoms with E-state index >= 15 is 0 Å². The highest BCUT2D eigenvalue weighted by Gasteiger charge is 2.27. The van der Waals surface area contributed by atoms with E-state index in [9.17, 15) is 10.2 Å². The van der Waals surface area contributed by atoms with Gasteiger partial charge in [-0.1, -0.05) is 18.2 Å². The molecule has 3 aromatic carbocycles. The van der Waals surface area contributed by atoms with Crippen molar-refractivity contribution < 1.29 is 14.9 Å². The average Bonchev–Trinajstić information content (AvgIpc) is 2.61. The van der Waals surface area contributed by atoms with Crippen LogP contribution in [0, 0.1) is 6.92 Å². The van der Waals surface area contributed by atoms with Gasteiger partial charge in [-0.25, -0.2) is 0 Å². The van der Waals surface area contributed by atoms with E-state index in [0.717, 1.165) is 39.4 Å². The molecule has 3 N–H and O–H groups in total. The predicted molar refractivity (Wildman–Crippen MR) is 109 cm³/mol. The van der Waals surface area contributed by atoms with Crippen molar-refractivity contribution >= 4 is 10.8 Å². The van der Waals surface area contributed by atoms with Crippen LogP contribution < -0.4 is 10.1 Å². The van der Waals surface area contributed by atoms with Crippen molar-refractivity contribution in [2.45, 2.75) is 39.3 Å². The van der Waals surface area contributed by atoms with Gasteiger partial charge in [-0.3, -0.25) is 0 Å². The summed E-state index contributed by atoms with van der Waals surface area (Å²) < 4.78 is 5.54. The first kappa shape index (κ1) is 17.7. The number of aromatic hydroxyl groups is 2. The summed E-state index contributed by atoms with van der Waals surface area (Å²) in [6.45, 7) is 6.31. The van der Waals surface area contributed by atoms with Crippen LogP contribution in [0.4, 0.5) is 0 Å². The van der Waals surface area contributed by atoms with Crippen molar-refractivity contribution in [3.63, 3.8) is 0 Å². The Morgan fingerprint density at radius 2 is 1.85 bits per heavy atom. The quantitative estimate of drug-likeness (QED) is 0.610. The molecule has 0 bridgehead atoms. The number of fused-ring (bicyclic) bond motifs is 2. The molecule has 140 valence electrons. The van der Waals surface area contributed by atoms with Crippen LogP contribution in [0.25, 0.3) is 21.9 Å². The Morgan fingerprint density at radius 1 is 1.07 bits per heavy atom. The van der Waals surface area contributed by atoms with Gasteiger partial charge in [-0.2, -0.15) is 0 Å². The lowest BCUT2D eigenvalue weighted by atomic mass is 9.82. The van der Waals surface area contributed by atoms with Gasteiger partial charge in [0.1, 0.15) is 17.2 Å². The molecule has 0 saturated carbocycles. The van der Waals surface area contributed by atoms with Gasteiger partial charge in [0.2, 0.25) is 0 Å². The Hall–Kier alpha value is -2.72. The number of methoxy groups -OCH3 is 1. The number of phenols is 2. The summed E-state index contributed by atoms with van der Waals surface area (Å²) in [4.78, 5) is 0. The molecule has 27 heavy (non-hydrogen) atoms. The zero-order valence-electron chi connectivity index (χ0n) is 16.1. The van der Waals surface area contributed by atoms with E-state index < -0.39 is 0 Å². The van der Waals surface area contributed by atoms with E-state index in [1.165, 1.54) is 5.56 Å². The van der Waals surface area contributed by atoms with Crippen LogP contribution in [0.15, 0.2) is 36.4 Å². The van der Waals surface area contributed by atoms with Crippen LogP contribution in [0.1, 0.15) is 36.6 Å². The van der Waals surface area contributed by atoms with Gasteiger partial charge >= 0.3 is 0 Å². The van der Waals surface area contributed by atoms with E-state index in [1.54, 1.807) is 19.2 Å². The summed E-state index contributed by atoms with van der Waals surface area (Å²) in [7, 11) is 1.62. The smallest absolute Gasteiger partial charge is 0.130 e. The SMILES string of the molecule is COc1cc(C)c(-c2ccc(O)c3c2C[C@H](C)N[C@@H]3C)c2cccc(O)c12. The van der Waals surface area contributed by atoms with Crippen LogP contribution in [0.2, 0.25) is 0 Å². The minimum Gasteiger partial charge on any atom is -0.508 e. The number of hydrogen-bond donors (Lipinski definition) is 3. The molecule has 0 fully saturated rings. The average molecular weight is 363 g/mol. The third-order valence-electron chi connectivity index (χ3n) is 5.60. The fourth-order valence-corrected chi connectivity index (χ4v) is 4.54. The van der Waals surface area contributed by atoms with Gasteiger partial charge in [-0.15, -0.1) is 0 Å². The lowest BCUT2D eigenvalue weighted by molar-refractivity contribution is 0.410. The van der Waals surface area contributed by atoms with E-state index in [-0.39, 0.29) is 11.8 Å². The maximum absolute atomic E-state index is 10.5. The second-order valence-electron chi connectivity index (χ2n) is 7.49. The molecule has 1 aliphatic rings. The molecule has 1 aliphatic heterocycles. The number of nitrogens with one attached hydrogen (secondary N) is 1. The van der Waals surface area contributed by atoms with E-state index in [4.69, 9.17) is 4.74 Å². The Kier molecular flexibility index (Phi) is 4.23. The van der Waals surface area contributed by atoms with Crippen LogP contribution >= 0.6 is 0 Å². The summed E-state index contributed by atoms with van der Waals surface area (Å²) in [6, 6.07) is 11.7. The number of hydrogen-bond acceptors (Lipinski definition) is 4. The Bertz CT molecular complexity index is 1040. The fraction of sp³-hybridized carbons (Fsp3) is 0.304. The standard InChI is InChI=1S/C23H25NO3/c1-12-10-20(27-4)23-16(6-5-7-18(23)25)21(12)15-8-9-19(26)22-14(3)24-13(2)11-17(15)22/h5-10,13-14,24-26H,11H2,1-4H3/t13-,14+/m0/s1. The molecular formula is C23H25NO3. The van der Waals surface area contributed by atoms with Crippen LogP contribution in [-0.2, 0) is 6.42 Å². The number of aryl methyl sites for hydroxylation is 1. The molecule has 4 heteroatoms. The first-order valence-electron chi connectivity index (χ1n) is 9.32. The zero-order chi connectivity index (χ0) is 19.3. The van der Waals surface area contributed by atoms with Crippen molar-refractivity contribution in [3.05, 3.63) is 53.1 Å². The third-order valence-corrected chi connectivity index (χ3v) is 5.60. The normalized spacial score (nSPS) is 19.1. The molecule has 1 heterocycles. The van der Waals surface area contributed by atoms with E-state index in [2.05, 4.69) is 26.1 Å². The van der Waals surface area contributed by atoms with Gasteiger partial charge in [0.05, 0.1) is 12.5 Å². The minimum atomic E-state index is 0.0851. The van der Waals surface area contributed by atoms with E-state index in [0.29, 0.717) is 17.5 Å². The maximum Gasteiger partial charge on any atom is 0.130 e. The second kappa shape index (κ2) is 6.46. The number of phenolic OH excluding ortho intramolecular Hbond substituents is 2. The largest absolute Gasteiger partial charge is 0.508 e. The van der Waals surface area contributed by atoms with E-state index in [1.807, 2.05) is 24.3 Å². The molecule has 2 atom stereocenters. The lowest BCUT2D eigenvalue weighted by Crippen LogP contribution is -2.36. The molecule has 4 rings (SSSR count). The van der Waals surface area contributed by atoms with Crippen molar-refractivity contribution in [2.75, 3.05) is 7.11 Å². The van der Waals surface area contributed by atoms with Crippen LogP contribution in [0.3, 0.4) is 0 Å². The zero-order valence-corrected chi connectivity index (χ0v) is 16.1. The van der Waals surface area contributed by atoms with Gasteiger partial charge in [0.15, 0.2) is 0 Å². The molecule has 3 aromatic rings. The number of benzene rings is 3. The predicted octanol–water partition coefficient (Wildman–Crippen LogP) is 4.83. The van der Waals surface area contributed by atoms with Gasteiger partial charge in [-0.05, 0) is 73.0 Å². The highest BCUT2D eigenvalue weighted by Crippen LogP contribution is 2.45. The fourth-order valence-electron chi connectivity index (χ4n) is 4.54. The Balaban J connectivity index is 2.10.